The van der Waals surface area contributed by atoms with E-state index in [4.69, 9.17) is 9.16 Å². The number of hydrogen-bond acceptors (Lipinski definition) is 5. The van der Waals surface area contributed by atoms with Gasteiger partial charge in [-0.15, -0.1) is 0 Å². The molecule has 3 atom stereocenters. The molecule has 4 rings (SSSR count). The lowest BCUT2D eigenvalue weighted by Crippen LogP contribution is -2.67. The average molecular weight is 506 g/mol. The highest BCUT2D eigenvalue weighted by Gasteiger charge is 2.51. The fourth-order valence-corrected chi connectivity index (χ4v) is 9.56. The van der Waals surface area contributed by atoms with Gasteiger partial charge in [0.05, 0.1) is 18.8 Å². The predicted octanol–water partition coefficient (Wildman–Crippen LogP) is 3.39. The third-order valence-electron chi connectivity index (χ3n) is 6.74. The maximum absolute atomic E-state index is 12.5. The van der Waals surface area contributed by atoms with E-state index in [0.29, 0.717) is 12.0 Å². The normalized spacial score (nSPS) is 20.2. The van der Waals surface area contributed by atoms with Gasteiger partial charge >= 0.3 is 5.69 Å². The molecule has 1 saturated heterocycles. The molecule has 0 aliphatic carbocycles. The second-order valence-electron chi connectivity index (χ2n) is 10.1. The van der Waals surface area contributed by atoms with Crippen molar-refractivity contribution in [3.05, 3.63) is 104 Å². The molecular formula is C26H31N5O4Si. The van der Waals surface area contributed by atoms with Crippen LogP contribution in [-0.4, -0.2) is 36.6 Å². The van der Waals surface area contributed by atoms with Crippen LogP contribution in [0.25, 0.3) is 10.4 Å². The van der Waals surface area contributed by atoms with E-state index in [1.54, 1.807) is 6.92 Å². The van der Waals surface area contributed by atoms with Gasteiger partial charge in [-0.3, -0.25) is 14.3 Å². The van der Waals surface area contributed by atoms with Crippen LogP contribution in [0.2, 0.25) is 5.04 Å². The fourth-order valence-electron chi connectivity index (χ4n) is 4.99. The zero-order chi connectivity index (χ0) is 25.9. The van der Waals surface area contributed by atoms with Gasteiger partial charge in [0.15, 0.2) is 0 Å². The minimum absolute atomic E-state index is 0.185. The highest BCUT2D eigenvalue weighted by Crippen LogP contribution is 2.38. The molecule has 10 heteroatoms. The fraction of sp³-hybridized carbons (Fsp3) is 0.385. The van der Waals surface area contributed by atoms with E-state index in [-0.39, 0.29) is 11.6 Å². The van der Waals surface area contributed by atoms with E-state index in [1.807, 2.05) is 36.4 Å². The summed E-state index contributed by atoms with van der Waals surface area (Å²) in [7, 11) is -2.83. The molecule has 0 spiro atoms. The molecule has 1 aliphatic heterocycles. The van der Waals surface area contributed by atoms with Crippen LogP contribution in [-0.2, 0) is 9.16 Å². The highest BCUT2D eigenvalue weighted by atomic mass is 28.4. The van der Waals surface area contributed by atoms with Gasteiger partial charge in [-0.1, -0.05) is 86.5 Å². The second kappa shape index (κ2) is 10.3. The lowest BCUT2D eigenvalue weighted by molar-refractivity contribution is -0.0240. The average Bonchev–Trinajstić information content (AvgIpc) is 3.25. The Hall–Kier alpha value is -3.43. The van der Waals surface area contributed by atoms with E-state index in [1.165, 1.54) is 10.8 Å². The van der Waals surface area contributed by atoms with Crippen molar-refractivity contribution in [2.24, 2.45) is 5.11 Å². The number of ether oxygens (including phenoxy) is 1. The van der Waals surface area contributed by atoms with Crippen LogP contribution < -0.4 is 21.6 Å². The van der Waals surface area contributed by atoms with Crippen molar-refractivity contribution in [1.82, 2.24) is 9.55 Å². The first kappa shape index (κ1) is 25.7. The Morgan fingerprint density at radius 1 is 1.11 bits per heavy atom. The van der Waals surface area contributed by atoms with Gasteiger partial charge in [-0.05, 0) is 27.9 Å². The minimum Gasteiger partial charge on any atom is -0.405 e. The number of benzene rings is 2. The number of nitrogens with zero attached hydrogens (tertiary/aromatic N) is 4. The van der Waals surface area contributed by atoms with Crippen LogP contribution in [0, 0.1) is 6.92 Å². The summed E-state index contributed by atoms with van der Waals surface area (Å²) < 4.78 is 14.6. The van der Waals surface area contributed by atoms with Crippen LogP contribution in [0.1, 0.15) is 39.0 Å². The molecule has 188 valence electrons. The summed E-state index contributed by atoms with van der Waals surface area (Å²) in [6.07, 6.45) is 0.525. The molecule has 0 radical (unpaired) electrons. The molecule has 9 nitrogen and oxygen atoms in total. The van der Waals surface area contributed by atoms with E-state index in [0.717, 1.165) is 10.4 Å². The first-order valence-electron chi connectivity index (χ1n) is 11.9. The highest BCUT2D eigenvalue weighted by molar-refractivity contribution is 6.99. The molecule has 3 unspecified atom stereocenters. The van der Waals surface area contributed by atoms with E-state index in [9.17, 15) is 15.1 Å². The summed E-state index contributed by atoms with van der Waals surface area (Å²) in [6.45, 7) is 8.37. The van der Waals surface area contributed by atoms with Crippen molar-refractivity contribution in [2.45, 2.75) is 57.5 Å². The largest absolute Gasteiger partial charge is 0.405 e. The van der Waals surface area contributed by atoms with Gasteiger partial charge in [-0.2, -0.15) is 0 Å². The zero-order valence-corrected chi connectivity index (χ0v) is 21.9. The number of azide groups is 1. The number of H-pyrrole nitrogens is 1. The Kier molecular flexibility index (Phi) is 7.32. The van der Waals surface area contributed by atoms with Gasteiger partial charge in [0.1, 0.15) is 6.23 Å². The van der Waals surface area contributed by atoms with Crippen molar-refractivity contribution in [2.75, 3.05) is 6.61 Å². The van der Waals surface area contributed by atoms with Crippen molar-refractivity contribution in [3.63, 3.8) is 0 Å². The molecular weight excluding hydrogens is 474 g/mol. The number of aromatic amines is 1. The predicted molar refractivity (Wildman–Crippen MR) is 141 cm³/mol. The number of rotatable bonds is 7. The smallest absolute Gasteiger partial charge is 0.330 e. The van der Waals surface area contributed by atoms with Crippen LogP contribution in [0.3, 0.4) is 0 Å². The van der Waals surface area contributed by atoms with Crippen molar-refractivity contribution < 1.29 is 9.16 Å². The van der Waals surface area contributed by atoms with Crippen LogP contribution >= 0.6 is 0 Å². The molecule has 36 heavy (non-hydrogen) atoms. The van der Waals surface area contributed by atoms with E-state index < -0.39 is 37.9 Å². The summed E-state index contributed by atoms with van der Waals surface area (Å²) in [5.41, 5.74) is 8.59. The summed E-state index contributed by atoms with van der Waals surface area (Å²) in [6, 6.07) is 20.0. The SMILES string of the molecule is Cc1cn(C2CC(N=[N+]=[N-])C(CO[Si](c3ccccc3)(c3ccccc3)C(C)(C)C)O2)c(=O)[nH]c1=O. The third-order valence-corrected chi connectivity index (χ3v) is 11.7. The molecule has 0 amide bonds. The lowest BCUT2D eigenvalue weighted by atomic mass is 10.1. The van der Waals surface area contributed by atoms with Gasteiger partial charge in [0.25, 0.3) is 13.9 Å². The second-order valence-corrected chi connectivity index (χ2v) is 14.4. The Bertz CT molecular complexity index is 1320. The van der Waals surface area contributed by atoms with Crippen LogP contribution in [0.5, 0.6) is 0 Å². The van der Waals surface area contributed by atoms with Gasteiger partial charge in [0.2, 0.25) is 0 Å². The number of aromatic nitrogens is 2. The molecule has 1 aromatic heterocycles. The number of nitrogens with one attached hydrogen (secondary N) is 1. The third kappa shape index (κ3) is 4.81. The quantitative estimate of drug-likeness (QED) is 0.229. The molecule has 0 saturated carbocycles. The monoisotopic (exact) mass is 505 g/mol. The molecule has 0 bridgehead atoms. The molecule has 2 heterocycles. The van der Waals surface area contributed by atoms with E-state index >= 15 is 0 Å². The van der Waals surface area contributed by atoms with Crippen LogP contribution in [0.4, 0.5) is 0 Å². The van der Waals surface area contributed by atoms with Gasteiger partial charge < -0.3 is 9.16 Å². The maximum Gasteiger partial charge on any atom is 0.330 e. The summed E-state index contributed by atoms with van der Waals surface area (Å²) >= 11 is 0. The standard InChI is InChI=1S/C26H31N5O4Si/c1-18-16-31(25(33)28-24(18)32)23-15-21(29-30-27)22(35-23)17-34-36(26(2,3)4,19-11-7-5-8-12-19)20-13-9-6-10-14-20/h5-14,16,21-23H,15,17H2,1-4H3,(H,28,32,33). The van der Waals surface area contributed by atoms with Crippen molar-refractivity contribution in [1.29, 1.82) is 0 Å². The topological polar surface area (TPSA) is 122 Å². The Morgan fingerprint density at radius 3 is 2.22 bits per heavy atom. The Balaban J connectivity index is 1.71. The number of aryl methyl sites for hydroxylation is 1. The van der Waals surface area contributed by atoms with E-state index in [2.05, 4.69) is 60.0 Å². The molecule has 1 aliphatic rings. The molecule has 1 fully saturated rings. The minimum atomic E-state index is -2.83. The summed E-state index contributed by atoms with van der Waals surface area (Å²) in [5, 5.41) is 6.00. The summed E-state index contributed by atoms with van der Waals surface area (Å²) in [5.74, 6) is 0. The van der Waals surface area contributed by atoms with Gasteiger partial charge in [0, 0.05) is 23.1 Å². The molecule has 2 aromatic carbocycles. The molecule has 1 N–H and O–H groups in total. The lowest BCUT2D eigenvalue weighted by Gasteiger charge is -2.43. The Labute approximate surface area is 210 Å². The summed E-state index contributed by atoms with van der Waals surface area (Å²) in [4.78, 5) is 29.6. The van der Waals surface area contributed by atoms with Crippen LogP contribution in [0.15, 0.2) is 81.6 Å². The molecule has 3 aromatic rings. The maximum atomic E-state index is 12.5. The number of hydrogen-bond donors (Lipinski definition) is 1. The Morgan fingerprint density at radius 2 is 1.69 bits per heavy atom. The zero-order valence-electron chi connectivity index (χ0n) is 20.9. The van der Waals surface area contributed by atoms with Crippen molar-refractivity contribution in [3.8, 4) is 0 Å². The van der Waals surface area contributed by atoms with Crippen molar-refractivity contribution >= 4 is 18.7 Å². The van der Waals surface area contributed by atoms with Gasteiger partial charge in [-0.25, -0.2) is 4.79 Å². The first-order valence-corrected chi connectivity index (χ1v) is 13.8. The first-order chi connectivity index (χ1) is 17.2.